The molecule has 3 N–H and O–H groups in total. The van der Waals surface area contributed by atoms with E-state index in [0.717, 1.165) is 63.4 Å². The van der Waals surface area contributed by atoms with Crippen LogP contribution in [0.15, 0.2) is 47.4 Å². The van der Waals surface area contributed by atoms with Crippen molar-refractivity contribution in [2.24, 2.45) is 0 Å². The number of para-hydroxylation sites is 1. The number of nitrogens with two attached hydrogens (primary N) is 1. The van der Waals surface area contributed by atoms with Crippen LogP contribution in [0.4, 0.5) is 23.0 Å². The summed E-state index contributed by atoms with van der Waals surface area (Å²) < 4.78 is 32.1. The Morgan fingerprint density at radius 3 is 2.36 bits per heavy atom. The van der Waals surface area contributed by atoms with Gasteiger partial charge in [0.1, 0.15) is 23.2 Å². The molecule has 0 atom stereocenters. The van der Waals surface area contributed by atoms with Crippen molar-refractivity contribution in [2.75, 3.05) is 69.4 Å². The SMILES string of the molecule is COc1cc(N2CCC(N3CCN(C)CC3)CC2)ccc1-c1c(N)nc(C)nc1Nc1ccccc1S(=O)(=O)C(C)C. The Labute approximate surface area is 249 Å². The van der Waals surface area contributed by atoms with Crippen molar-refractivity contribution < 1.29 is 13.2 Å². The second kappa shape index (κ2) is 12.4. The first-order valence-corrected chi connectivity index (χ1v) is 16.2. The molecule has 2 aliphatic heterocycles. The highest BCUT2D eigenvalue weighted by molar-refractivity contribution is 7.92. The smallest absolute Gasteiger partial charge is 0.182 e. The summed E-state index contributed by atoms with van der Waals surface area (Å²) in [6.45, 7) is 11.7. The van der Waals surface area contributed by atoms with Crippen molar-refractivity contribution in [3.05, 3.63) is 48.3 Å². The summed E-state index contributed by atoms with van der Waals surface area (Å²) in [7, 11) is 0.298. The van der Waals surface area contributed by atoms with Crippen LogP contribution in [0.5, 0.6) is 5.75 Å². The minimum Gasteiger partial charge on any atom is -0.496 e. The molecule has 11 heteroatoms. The third-order valence-corrected chi connectivity index (χ3v) is 10.7. The lowest BCUT2D eigenvalue weighted by Gasteiger charge is -2.42. The predicted molar refractivity (Wildman–Crippen MR) is 170 cm³/mol. The largest absolute Gasteiger partial charge is 0.496 e. The summed E-state index contributed by atoms with van der Waals surface area (Å²) in [5, 5.41) is 2.69. The zero-order valence-electron chi connectivity index (χ0n) is 25.3. The van der Waals surface area contributed by atoms with Crippen LogP contribution in [0.1, 0.15) is 32.5 Å². The van der Waals surface area contributed by atoms with Crippen molar-refractivity contribution in [3.63, 3.8) is 0 Å². The molecule has 0 amide bonds. The number of piperazine rings is 1. The molecule has 2 saturated heterocycles. The van der Waals surface area contributed by atoms with Gasteiger partial charge in [-0.3, -0.25) is 4.90 Å². The molecule has 0 saturated carbocycles. The monoisotopic (exact) mass is 593 g/mol. The maximum atomic E-state index is 13.1. The lowest BCUT2D eigenvalue weighted by atomic mass is 10.00. The number of methoxy groups -OCH3 is 1. The minimum absolute atomic E-state index is 0.211. The van der Waals surface area contributed by atoms with Gasteiger partial charge in [-0.25, -0.2) is 18.4 Å². The van der Waals surface area contributed by atoms with E-state index in [1.165, 1.54) is 0 Å². The van der Waals surface area contributed by atoms with E-state index in [1.807, 2.05) is 12.1 Å². The molecule has 2 fully saturated rings. The van der Waals surface area contributed by atoms with Crippen LogP contribution in [-0.2, 0) is 9.84 Å². The van der Waals surface area contributed by atoms with Gasteiger partial charge >= 0.3 is 0 Å². The van der Waals surface area contributed by atoms with Gasteiger partial charge in [-0.2, -0.15) is 0 Å². The molecular weight excluding hydrogens is 550 g/mol. The number of nitrogen functional groups attached to an aromatic ring is 1. The minimum atomic E-state index is -3.54. The molecule has 42 heavy (non-hydrogen) atoms. The van der Waals surface area contributed by atoms with Crippen LogP contribution in [0.3, 0.4) is 0 Å². The van der Waals surface area contributed by atoms with E-state index in [1.54, 1.807) is 52.1 Å². The number of hydrogen-bond donors (Lipinski definition) is 2. The predicted octanol–water partition coefficient (Wildman–Crippen LogP) is 4.18. The number of aromatic nitrogens is 2. The number of benzene rings is 2. The van der Waals surface area contributed by atoms with Crippen molar-refractivity contribution in [2.45, 2.75) is 49.8 Å². The highest BCUT2D eigenvalue weighted by Gasteiger charge is 2.28. The maximum Gasteiger partial charge on any atom is 0.182 e. The number of hydrogen-bond acceptors (Lipinski definition) is 10. The van der Waals surface area contributed by atoms with Gasteiger partial charge < -0.3 is 25.6 Å². The fourth-order valence-electron chi connectivity index (χ4n) is 5.91. The maximum absolute atomic E-state index is 13.1. The highest BCUT2D eigenvalue weighted by atomic mass is 32.2. The van der Waals surface area contributed by atoms with Crippen LogP contribution >= 0.6 is 0 Å². The standard InChI is InChI=1S/C31H43N7O3S/c1-21(2)42(39,40)28-9-7-6-8-26(28)35-31-29(30(32)33-22(3)34-31)25-11-10-24(20-27(25)41-5)37-14-12-23(13-15-37)38-18-16-36(4)17-19-38/h6-11,20-21,23H,12-19H2,1-5H3,(H3,32,33,34,35). The zero-order valence-corrected chi connectivity index (χ0v) is 26.1. The highest BCUT2D eigenvalue weighted by Crippen LogP contribution is 2.41. The molecule has 10 nitrogen and oxygen atoms in total. The average Bonchev–Trinajstić information content (AvgIpc) is 2.97. The zero-order chi connectivity index (χ0) is 30.0. The molecule has 226 valence electrons. The molecule has 0 aliphatic carbocycles. The van der Waals surface area contributed by atoms with Gasteiger partial charge in [0.05, 0.1) is 28.5 Å². The van der Waals surface area contributed by atoms with Gasteiger partial charge in [-0.1, -0.05) is 12.1 Å². The fourth-order valence-corrected chi connectivity index (χ4v) is 7.11. The topological polar surface area (TPSA) is 117 Å². The number of nitrogens with one attached hydrogen (secondary N) is 1. The van der Waals surface area contributed by atoms with Crippen LogP contribution < -0.4 is 20.7 Å². The summed E-state index contributed by atoms with van der Waals surface area (Å²) in [6.07, 6.45) is 2.28. The summed E-state index contributed by atoms with van der Waals surface area (Å²) in [6, 6.07) is 13.6. The summed E-state index contributed by atoms with van der Waals surface area (Å²) in [4.78, 5) is 16.8. The van der Waals surface area contributed by atoms with Gasteiger partial charge in [-0.05, 0) is 64.9 Å². The normalized spacial score (nSPS) is 17.5. The van der Waals surface area contributed by atoms with Crippen molar-refractivity contribution in [1.82, 2.24) is 19.8 Å². The first-order valence-electron chi connectivity index (χ1n) is 14.7. The van der Waals surface area contributed by atoms with E-state index < -0.39 is 15.1 Å². The fraction of sp³-hybridized carbons (Fsp3) is 0.484. The molecule has 2 aliphatic rings. The number of aryl methyl sites for hydroxylation is 1. The van der Waals surface area contributed by atoms with Gasteiger partial charge in [0, 0.05) is 62.6 Å². The summed E-state index contributed by atoms with van der Waals surface area (Å²) in [5.41, 5.74) is 9.33. The van der Waals surface area contributed by atoms with Crippen molar-refractivity contribution >= 4 is 32.8 Å². The number of nitrogens with zero attached hydrogens (tertiary/aromatic N) is 5. The van der Waals surface area contributed by atoms with Crippen molar-refractivity contribution in [3.8, 4) is 16.9 Å². The van der Waals surface area contributed by atoms with Crippen molar-refractivity contribution in [1.29, 1.82) is 0 Å². The Morgan fingerprint density at radius 2 is 1.69 bits per heavy atom. The van der Waals surface area contributed by atoms with Gasteiger partial charge in [0.2, 0.25) is 0 Å². The second-order valence-electron chi connectivity index (χ2n) is 11.5. The van der Waals surface area contributed by atoms with E-state index in [0.29, 0.717) is 34.7 Å². The molecule has 1 aromatic heterocycles. The molecule has 0 spiro atoms. The number of sulfone groups is 1. The number of anilines is 4. The first kappa shape index (κ1) is 30.1. The third kappa shape index (κ3) is 6.18. The summed E-state index contributed by atoms with van der Waals surface area (Å²) >= 11 is 0. The van der Waals surface area contributed by atoms with Crippen LogP contribution in [-0.4, -0.2) is 92.9 Å². The van der Waals surface area contributed by atoms with E-state index in [-0.39, 0.29) is 10.7 Å². The Hall–Kier alpha value is -3.41. The number of likely N-dealkylation sites (N-methyl/N-ethyl adjacent to an activating group) is 1. The molecule has 5 rings (SSSR count). The average molecular weight is 594 g/mol. The Balaban J connectivity index is 1.43. The molecule has 2 aromatic carbocycles. The van der Waals surface area contributed by atoms with Crippen LogP contribution in [0, 0.1) is 6.92 Å². The number of rotatable bonds is 8. The molecule has 3 heterocycles. The lowest BCUT2D eigenvalue weighted by molar-refractivity contribution is 0.0982. The number of piperidine rings is 1. The van der Waals surface area contributed by atoms with E-state index in [2.05, 4.69) is 43.1 Å². The van der Waals surface area contributed by atoms with Gasteiger partial charge in [0.15, 0.2) is 9.84 Å². The Bertz CT molecular complexity index is 1510. The van der Waals surface area contributed by atoms with E-state index in [9.17, 15) is 8.42 Å². The first-order chi connectivity index (χ1) is 20.1. The lowest BCUT2D eigenvalue weighted by Crippen LogP contribution is -2.52. The quantitative estimate of drug-likeness (QED) is 0.394. The Kier molecular flexibility index (Phi) is 8.91. The molecule has 0 bridgehead atoms. The summed E-state index contributed by atoms with van der Waals surface area (Å²) in [5.74, 6) is 1.83. The van der Waals surface area contributed by atoms with E-state index in [4.69, 9.17) is 10.5 Å². The van der Waals surface area contributed by atoms with Gasteiger partial charge in [-0.15, -0.1) is 0 Å². The molecular formula is C31H43N7O3S. The molecule has 0 unspecified atom stereocenters. The number of ether oxygens (including phenoxy) is 1. The van der Waals surface area contributed by atoms with E-state index >= 15 is 0 Å². The molecule has 0 radical (unpaired) electrons. The third-order valence-electron chi connectivity index (χ3n) is 8.45. The van der Waals surface area contributed by atoms with Crippen LogP contribution in [0.25, 0.3) is 11.1 Å². The van der Waals surface area contributed by atoms with Crippen LogP contribution in [0.2, 0.25) is 0 Å². The van der Waals surface area contributed by atoms with Gasteiger partial charge in [0.25, 0.3) is 0 Å². The molecule has 3 aromatic rings. The second-order valence-corrected chi connectivity index (χ2v) is 14.0. The Morgan fingerprint density at radius 1 is 1.00 bits per heavy atom.